The molecule has 3 amide bonds. The van der Waals surface area contributed by atoms with Gasteiger partial charge in [-0.3, -0.25) is 10.1 Å². The average molecular weight is 279 g/mol. The Morgan fingerprint density at radius 1 is 1.30 bits per heavy atom. The third kappa shape index (κ3) is 5.17. The molecule has 0 heterocycles. The molecule has 0 spiro atoms. The minimum atomic E-state index is -0.467. The number of ether oxygens (including phenoxy) is 1. The summed E-state index contributed by atoms with van der Waals surface area (Å²) in [6, 6.07) is 5.04. The van der Waals surface area contributed by atoms with E-state index in [1.54, 1.807) is 13.2 Å². The summed E-state index contributed by atoms with van der Waals surface area (Å²) in [6.45, 7) is 4.43. The molecule has 0 atom stereocenters. The molecule has 0 saturated heterocycles. The minimum Gasteiger partial charge on any atom is -0.497 e. The van der Waals surface area contributed by atoms with Crippen LogP contribution in [0, 0.1) is 6.92 Å². The maximum atomic E-state index is 11.6. The lowest BCUT2D eigenvalue weighted by Crippen LogP contribution is -2.42. The molecule has 1 rings (SSSR count). The van der Waals surface area contributed by atoms with E-state index in [1.807, 2.05) is 26.0 Å². The van der Waals surface area contributed by atoms with Gasteiger partial charge in [-0.1, -0.05) is 6.92 Å². The van der Waals surface area contributed by atoms with Crippen molar-refractivity contribution in [3.05, 3.63) is 23.8 Å². The number of hydrogen-bond acceptors (Lipinski definition) is 4. The molecule has 0 aliphatic rings. The number of aryl methyl sites for hydroxylation is 1. The van der Waals surface area contributed by atoms with E-state index in [-0.39, 0.29) is 12.5 Å². The van der Waals surface area contributed by atoms with E-state index in [9.17, 15) is 9.59 Å². The van der Waals surface area contributed by atoms with Crippen LogP contribution in [-0.4, -0.2) is 32.1 Å². The Morgan fingerprint density at radius 2 is 2.05 bits per heavy atom. The summed E-state index contributed by atoms with van der Waals surface area (Å²) in [5.41, 5.74) is 1.79. The molecule has 0 unspecified atom stereocenters. The Bertz CT molecular complexity index is 475. The molecule has 0 aromatic heterocycles. The van der Waals surface area contributed by atoms with Crippen LogP contribution in [0.5, 0.6) is 5.75 Å². The van der Waals surface area contributed by atoms with Gasteiger partial charge in [-0.25, -0.2) is 4.79 Å². The molecule has 1 aromatic rings. The monoisotopic (exact) mass is 279 g/mol. The lowest BCUT2D eigenvalue weighted by atomic mass is 10.2. The van der Waals surface area contributed by atoms with Crippen LogP contribution in [0.25, 0.3) is 0 Å². The van der Waals surface area contributed by atoms with Crippen LogP contribution in [0.4, 0.5) is 10.5 Å². The minimum absolute atomic E-state index is 0.0344. The first-order valence-corrected chi connectivity index (χ1v) is 6.53. The van der Waals surface area contributed by atoms with E-state index < -0.39 is 6.03 Å². The first kappa shape index (κ1) is 15.8. The van der Waals surface area contributed by atoms with Crippen LogP contribution < -0.4 is 20.7 Å². The number of benzene rings is 1. The fourth-order valence-electron chi connectivity index (χ4n) is 1.59. The Labute approximate surface area is 118 Å². The molecule has 0 fully saturated rings. The van der Waals surface area contributed by atoms with E-state index >= 15 is 0 Å². The molecule has 6 nitrogen and oxygen atoms in total. The molecule has 20 heavy (non-hydrogen) atoms. The number of methoxy groups -OCH3 is 1. The van der Waals surface area contributed by atoms with Crippen molar-refractivity contribution in [2.75, 3.05) is 25.5 Å². The fourth-order valence-corrected chi connectivity index (χ4v) is 1.59. The van der Waals surface area contributed by atoms with Gasteiger partial charge < -0.3 is 15.4 Å². The summed E-state index contributed by atoms with van der Waals surface area (Å²) >= 11 is 0. The van der Waals surface area contributed by atoms with Crippen molar-refractivity contribution < 1.29 is 14.3 Å². The molecule has 1 aromatic carbocycles. The average Bonchev–Trinajstić information content (AvgIpc) is 2.43. The molecule has 0 aliphatic heterocycles. The van der Waals surface area contributed by atoms with Crippen LogP contribution in [0.1, 0.15) is 18.9 Å². The Kier molecular flexibility index (Phi) is 6.36. The summed E-state index contributed by atoms with van der Waals surface area (Å²) < 4.78 is 5.11. The Hall–Kier alpha value is -2.24. The number of hydrogen-bond donors (Lipinski definition) is 3. The van der Waals surface area contributed by atoms with Crippen LogP contribution in [0.3, 0.4) is 0 Å². The molecule has 0 aliphatic carbocycles. The molecule has 0 bridgehead atoms. The highest BCUT2D eigenvalue weighted by molar-refractivity contribution is 5.96. The van der Waals surface area contributed by atoms with Gasteiger partial charge in [0, 0.05) is 12.2 Å². The van der Waals surface area contributed by atoms with Crippen LogP contribution in [0.15, 0.2) is 18.2 Å². The van der Waals surface area contributed by atoms with Crippen molar-refractivity contribution in [3.63, 3.8) is 0 Å². The first-order chi connectivity index (χ1) is 9.56. The molecule has 0 radical (unpaired) electrons. The first-order valence-electron chi connectivity index (χ1n) is 6.53. The zero-order valence-electron chi connectivity index (χ0n) is 12.1. The quantitative estimate of drug-likeness (QED) is 0.740. The van der Waals surface area contributed by atoms with E-state index in [2.05, 4.69) is 16.0 Å². The highest BCUT2D eigenvalue weighted by Gasteiger charge is 2.07. The van der Waals surface area contributed by atoms with Crippen molar-refractivity contribution in [3.8, 4) is 5.75 Å². The number of carbonyl (C=O) groups is 2. The summed E-state index contributed by atoms with van der Waals surface area (Å²) in [7, 11) is 1.60. The number of urea groups is 1. The summed E-state index contributed by atoms with van der Waals surface area (Å²) in [6.07, 6.45) is 0.824. The number of anilines is 1. The van der Waals surface area contributed by atoms with Gasteiger partial charge in [0.15, 0.2) is 0 Å². The smallest absolute Gasteiger partial charge is 0.321 e. The molecule has 3 N–H and O–H groups in total. The van der Waals surface area contributed by atoms with Crippen LogP contribution >= 0.6 is 0 Å². The van der Waals surface area contributed by atoms with Crippen LogP contribution in [0.2, 0.25) is 0 Å². The van der Waals surface area contributed by atoms with Crippen molar-refractivity contribution in [1.29, 1.82) is 0 Å². The van der Waals surface area contributed by atoms with Crippen molar-refractivity contribution in [2.24, 2.45) is 0 Å². The number of amides is 3. The predicted molar refractivity (Wildman–Crippen MR) is 78.1 cm³/mol. The lowest BCUT2D eigenvalue weighted by molar-refractivity contribution is -0.118. The number of carbonyl (C=O) groups excluding carboxylic acids is 2. The lowest BCUT2D eigenvalue weighted by Gasteiger charge is -2.11. The van der Waals surface area contributed by atoms with Crippen molar-refractivity contribution >= 4 is 17.6 Å². The SMILES string of the molecule is CCCNC(=O)NC(=O)CNc1ccc(OC)cc1C. The molecular formula is C14H21N3O3. The van der Waals surface area contributed by atoms with Gasteiger partial charge in [-0.05, 0) is 37.1 Å². The zero-order chi connectivity index (χ0) is 15.0. The number of nitrogens with one attached hydrogen (secondary N) is 3. The maximum absolute atomic E-state index is 11.6. The molecule has 110 valence electrons. The number of imide groups is 1. The van der Waals surface area contributed by atoms with Gasteiger partial charge in [-0.2, -0.15) is 0 Å². The van der Waals surface area contributed by atoms with Gasteiger partial charge in [0.2, 0.25) is 5.91 Å². The van der Waals surface area contributed by atoms with Crippen molar-refractivity contribution in [2.45, 2.75) is 20.3 Å². The van der Waals surface area contributed by atoms with Gasteiger partial charge in [0.25, 0.3) is 0 Å². The standard InChI is InChI=1S/C14H21N3O3/c1-4-7-15-14(19)17-13(18)9-16-12-6-5-11(20-3)8-10(12)2/h5-6,8,16H,4,7,9H2,1-3H3,(H2,15,17,18,19). The Balaban J connectivity index is 2.43. The maximum Gasteiger partial charge on any atom is 0.321 e. The normalized spacial score (nSPS) is 9.75. The second-order valence-electron chi connectivity index (χ2n) is 4.34. The third-order valence-electron chi connectivity index (χ3n) is 2.66. The van der Waals surface area contributed by atoms with Gasteiger partial charge in [0.1, 0.15) is 5.75 Å². The topological polar surface area (TPSA) is 79.5 Å². The molecular weight excluding hydrogens is 258 g/mol. The second kappa shape index (κ2) is 8.04. The third-order valence-corrected chi connectivity index (χ3v) is 2.66. The second-order valence-corrected chi connectivity index (χ2v) is 4.34. The van der Waals surface area contributed by atoms with E-state index in [4.69, 9.17) is 4.74 Å². The summed E-state index contributed by atoms with van der Waals surface area (Å²) in [5.74, 6) is 0.380. The van der Waals surface area contributed by atoms with E-state index in [0.29, 0.717) is 6.54 Å². The number of rotatable bonds is 6. The zero-order valence-corrected chi connectivity index (χ0v) is 12.1. The van der Waals surface area contributed by atoms with Crippen LogP contribution in [-0.2, 0) is 4.79 Å². The summed E-state index contributed by atoms with van der Waals surface area (Å²) in [4.78, 5) is 22.9. The molecule has 6 heteroatoms. The Morgan fingerprint density at radius 3 is 2.65 bits per heavy atom. The van der Waals surface area contributed by atoms with Gasteiger partial charge in [0.05, 0.1) is 13.7 Å². The molecule has 0 saturated carbocycles. The highest BCUT2D eigenvalue weighted by Crippen LogP contribution is 2.20. The summed E-state index contributed by atoms with van der Waals surface area (Å²) in [5, 5.41) is 7.80. The fraction of sp³-hybridized carbons (Fsp3) is 0.429. The van der Waals surface area contributed by atoms with E-state index in [0.717, 1.165) is 23.4 Å². The van der Waals surface area contributed by atoms with E-state index in [1.165, 1.54) is 0 Å². The highest BCUT2D eigenvalue weighted by atomic mass is 16.5. The largest absolute Gasteiger partial charge is 0.497 e. The predicted octanol–water partition coefficient (Wildman–Crippen LogP) is 1.65. The van der Waals surface area contributed by atoms with Crippen molar-refractivity contribution in [1.82, 2.24) is 10.6 Å². The van der Waals surface area contributed by atoms with Gasteiger partial charge >= 0.3 is 6.03 Å². The van der Waals surface area contributed by atoms with Gasteiger partial charge in [-0.15, -0.1) is 0 Å².